The van der Waals surface area contributed by atoms with E-state index in [9.17, 15) is 5.11 Å². The zero-order valence-electron chi connectivity index (χ0n) is 13.8. The summed E-state index contributed by atoms with van der Waals surface area (Å²) in [6, 6.07) is 1.40. The number of hydrogen-bond donors (Lipinski definition) is 2. The van der Waals surface area contributed by atoms with E-state index in [0.29, 0.717) is 18.6 Å². The molecule has 1 saturated heterocycles. The van der Waals surface area contributed by atoms with Crippen molar-refractivity contribution in [1.82, 2.24) is 10.2 Å². The average molecular weight is 294 g/mol. The van der Waals surface area contributed by atoms with E-state index in [4.69, 9.17) is 0 Å². The minimum atomic E-state index is 0.353. The quantitative estimate of drug-likeness (QED) is 0.758. The maximum Gasteiger partial charge on any atom is 0.0434 e. The lowest BCUT2D eigenvalue weighted by Crippen LogP contribution is -2.53. The Morgan fingerprint density at radius 1 is 1.10 bits per heavy atom. The summed E-state index contributed by atoms with van der Waals surface area (Å²) in [4.78, 5) is 2.72. The first-order valence-corrected chi connectivity index (χ1v) is 9.34. The molecule has 3 heteroatoms. The standard InChI is InChI=1S/C18H34N2O/c1-14(17-6-7-17)20-12-16(8-9-21)10-18(13-20)19-11-15-4-2-3-5-15/h14-19,21H,2-13H2,1H3. The summed E-state index contributed by atoms with van der Waals surface area (Å²) in [6.07, 6.45) is 10.9. The third-order valence-electron chi connectivity index (χ3n) is 6.15. The lowest BCUT2D eigenvalue weighted by Gasteiger charge is -2.41. The SMILES string of the molecule is CC(C1CC1)N1CC(CCO)CC(NCC2CCCC2)C1. The van der Waals surface area contributed by atoms with Crippen LogP contribution >= 0.6 is 0 Å². The summed E-state index contributed by atoms with van der Waals surface area (Å²) in [6.45, 7) is 6.44. The van der Waals surface area contributed by atoms with Crippen molar-refractivity contribution in [3.05, 3.63) is 0 Å². The second kappa shape index (κ2) is 7.43. The van der Waals surface area contributed by atoms with Crippen LogP contribution in [-0.4, -0.2) is 48.3 Å². The number of nitrogens with zero attached hydrogens (tertiary/aromatic N) is 1. The highest BCUT2D eigenvalue weighted by atomic mass is 16.3. The highest BCUT2D eigenvalue weighted by Gasteiger charge is 2.36. The fourth-order valence-electron chi connectivity index (χ4n) is 4.54. The van der Waals surface area contributed by atoms with E-state index in [1.165, 1.54) is 64.6 Å². The normalized spacial score (nSPS) is 33.4. The van der Waals surface area contributed by atoms with Gasteiger partial charge in [-0.15, -0.1) is 0 Å². The third kappa shape index (κ3) is 4.43. The van der Waals surface area contributed by atoms with E-state index in [-0.39, 0.29) is 0 Å². The van der Waals surface area contributed by atoms with E-state index >= 15 is 0 Å². The highest BCUT2D eigenvalue weighted by molar-refractivity contribution is 4.92. The molecule has 0 aromatic carbocycles. The van der Waals surface area contributed by atoms with E-state index in [2.05, 4.69) is 17.1 Å². The van der Waals surface area contributed by atoms with Gasteiger partial charge >= 0.3 is 0 Å². The molecule has 0 aromatic rings. The van der Waals surface area contributed by atoms with Gasteiger partial charge in [0.05, 0.1) is 0 Å². The van der Waals surface area contributed by atoms with Gasteiger partial charge in [-0.25, -0.2) is 0 Å². The van der Waals surface area contributed by atoms with Crippen LogP contribution in [0.5, 0.6) is 0 Å². The fraction of sp³-hybridized carbons (Fsp3) is 1.00. The summed E-state index contributed by atoms with van der Waals surface area (Å²) >= 11 is 0. The molecule has 1 aliphatic heterocycles. The van der Waals surface area contributed by atoms with Crippen LogP contribution in [0.4, 0.5) is 0 Å². The molecule has 0 amide bonds. The maximum atomic E-state index is 9.31. The number of aliphatic hydroxyl groups is 1. The van der Waals surface area contributed by atoms with Gasteiger partial charge < -0.3 is 10.4 Å². The van der Waals surface area contributed by atoms with Gasteiger partial charge in [-0.2, -0.15) is 0 Å². The number of hydrogen-bond acceptors (Lipinski definition) is 3. The molecule has 3 fully saturated rings. The van der Waals surface area contributed by atoms with Gasteiger partial charge in [0.2, 0.25) is 0 Å². The molecule has 21 heavy (non-hydrogen) atoms. The Morgan fingerprint density at radius 2 is 1.86 bits per heavy atom. The van der Waals surface area contributed by atoms with Crippen molar-refractivity contribution in [1.29, 1.82) is 0 Å². The molecule has 122 valence electrons. The highest BCUT2D eigenvalue weighted by Crippen LogP contribution is 2.37. The minimum absolute atomic E-state index is 0.353. The molecule has 1 heterocycles. The van der Waals surface area contributed by atoms with Crippen molar-refractivity contribution in [3.8, 4) is 0 Å². The van der Waals surface area contributed by atoms with Crippen molar-refractivity contribution < 1.29 is 5.11 Å². The average Bonchev–Trinajstić information content (AvgIpc) is 3.21. The monoisotopic (exact) mass is 294 g/mol. The van der Waals surface area contributed by atoms with Crippen LogP contribution in [0.1, 0.15) is 58.3 Å². The van der Waals surface area contributed by atoms with Crippen LogP contribution < -0.4 is 5.32 Å². The van der Waals surface area contributed by atoms with Crippen molar-refractivity contribution in [2.45, 2.75) is 70.4 Å². The fourth-order valence-corrected chi connectivity index (χ4v) is 4.54. The Bertz CT molecular complexity index is 312. The predicted octanol–water partition coefficient (Wildman–Crippen LogP) is 2.64. The molecule has 0 bridgehead atoms. The van der Waals surface area contributed by atoms with Crippen LogP contribution in [0.2, 0.25) is 0 Å². The number of aliphatic hydroxyl groups excluding tert-OH is 1. The molecule has 0 aromatic heterocycles. The van der Waals surface area contributed by atoms with E-state index < -0.39 is 0 Å². The number of likely N-dealkylation sites (tertiary alicyclic amines) is 1. The van der Waals surface area contributed by atoms with Crippen LogP contribution in [0.25, 0.3) is 0 Å². The lowest BCUT2D eigenvalue weighted by atomic mass is 9.90. The number of rotatable bonds is 7. The molecule has 3 rings (SSSR count). The van der Waals surface area contributed by atoms with Crippen molar-refractivity contribution >= 4 is 0 Å². The Morgan fingerprint density at radius 3 is 2.52 bits per heavy atom. The van der Waals surface area contributed by atoms with Gasteiger partial charge in [-0.3, -0.25) is 4.90 Å². The Balaban J connectivity index is 1.50. The minimum Gasteiger partial charge on any atom is -0.396 e. The molecule has 2 N–H and O–H groups in total. The van der Waals surface area contributed by atoms with Gasteiger partial charge in [0.1, 0.15) is 0 Å². The second-order valence-electron chi connectivity index (χ2n) is 7.90. The molecule has 3 aliphatic rings. The van der Waals surface area contributed by atoms with E-state index in [0.717, 1.165) is 24.3 Å². The largest absolute Gasteiger partial charge is 0.396 e. The first-order chi connectivity index (χ1) is 10.3. The molecule has 0 radical (unpaired) electrons. The van der Waals surface area contributed by atoms with Gasteiger partial charge in [0.25, 0.3) is 0 Å². The van der Waals surface area contributed by atoms with Gasteiger partial charge in [0.15, 0.2) is 0 Å². The molecule has 3 nitrogen and oxygen atoms in total. The third-order valence-corrected chi connectivity index (χ3v) is 6.15. The molecular formula is C18H34N2O. The van der Waals surface area contributed by atoms with Gasteiger partial charge in [0, 0.05) is 31.8 Å². The summed E-state index contributed by atoms with van der Waals surface area (Å²) in [7, 11) is 0. The van der Waals surface area contributed by atoms with Crippen molar-refractivity contribution in [2.75, 3.05) is 26.2 Å². The zero-order valence-corrected chi connectivity index (χ0v) is 13.8. The Kier molecular flexibility index (Phi) is 5.58. The van der Waals surface area contributed by atoms with E-state index in [1.54, 1.807) is 0 Å². The topological polar surface area (TPSA) is 35.5 Å². The Labute approximate surface area is 130 Å². The van der Waals surface area contributed by atoms with Crippen molar-refractivity contribution in [2.24, 2.45) is 17.8 Å². The zero-order chi connectivity index (χ0) is 14.7. The smallest absolute Gasteiger partial charge is 0.0434 e. The van der Waals surface area contributed by atoms with Crippen LogP contribution in [0, 0.1) is 17.8 Å². The summed E-state index contributed by atoms with van der Waals surface area (Å²) < 4.78 is 0. The molecule has 2 saturated carbocycles. The summed E-state index contributed by atoms with van der Waals surface area (Å²) in [5.41, 5.74) is 0. The molecule has 0 spiro atoms. The molecule has 3 unspecified atom stereocenters. The van der Waals surface area contributed by atoms with Crippen LogP contribution in [-0.2, 0) is 0 Å². The molecule has 3 atom stereocenters. The molecule has 2 aliphatic carbocycles. The van der Waals surface area contributed by atoms with Gasteiger partial charge in [-0.1, -0.05) is 12.8 Å². The van der Waals surface area contributed by atoms with Gasteiger partial charge in [-0.05, 0) is 69.7 Å². The number of nitrogens with one attached hydrogen (secondary N) is 1. The van der Waals surface area contributed by atoms with Crippen LogP contribution in [0.3, 0.4) is 0 Å². The lowest BCUT2D eigenvalue weighted by molar-refractivity contribution is 0.0810. The molecular weight excluding hydrogens is 260 g/mol. The Hall–Kier alpha value is -0.120. The number of piperidine rings is 1. The summed E-state index contributed by atoms with van der Waals surface area (Å²) in [5.74, 6) is 2.57. The van der Waals surface area contributed by atoms with E-state index in [1.807, 2.05) is 0 Å². The maximum absolute atomic E-state index is 9.31. The predicted molar refractivity (Wildman–Crippen MR) is 87.3 cm³/mol. The van der Waals surface area contributed by atoms with Crippen LogP contribution in [0.15, 0.2) is 0 Å². The second-order valence-corrected chi connectivity index (χ2v) is 7.90. The first kappa shape index (κ1) is 15.8. The van der Waals surface area contributed by atoms with Crippen molar-refractivity contribution in [3.63, 3.8) is 0 Å². The summed E-state index contributed by atoms with van der Waals surface area (Å²) in [5, 5.41) is 13.2. The first-order valence-electron chi connectivity index (χ1n) is 9.34.